The predicted octanol–water partition coefficient (Wildman–Crippen LogP) is 2.59. The molecule has 1 saturated heterocycles. The highest BCUT2D eigenvalue weighted by molar-refractivity contribution is 5.79. The number of rotatable bonds is 4. The molecular formula is C17H25FN2O. The summed E-state index contributed by atoms with van der Waals surface area (Å²) in [5, 5.41) is 0. The van der Waals surface area contributed by atoms with Gasteiger partial charge in [0.05, 0.1) is 0 Å². The molecule has 1 aromatic carbocycles. The van der Waals surface area contributed by atoms with Gasteiger partial charge in [0, 0.05) is 25.0 Å². The average Bonchev–Trinajstić information content (AvgIpc) is 2.49. The number of nitrogens with zero attached hydrogens (tertiary/aromatic N) is 1. The molecule has 0 spiro atoms. The van der Waals surface area contributed by atoms with Crippen LogP contribution in [0.3, 0.4) is 0 Å². The van der Waals surface area contributed by atoms with Crippen LogP contribution >= 0.6 is 0 Å². The molecule has 3 nitrogen and oxygen atoms in total. The summed E-state index contributed by atoms with van der Waals surface area (Å²) in [5.74, 6) is 0.0601. The van der Waals surface area contributed by atoms with Crippen molar-refractivity contribution in [3.63, 3.8) is 0 Å². The van der Waals surface area contributed by atoms with Crippen LogP contribution in [0.15, 0.2) is 24.3 Å². The van der Waals surface area contributed by atoms with Crippen LogP contribution in [0.2, 0.25) is 0 Å². The summed E-state index contributed by atoms with van der Waals surface area (Å²) in [6, 6.07) is 6.79. The summed E-state index contributed by atoms with van der Waals surface area (Å²) < 4.78 is 13.7. The Balaban J connectivity index is 1.97. The summed E-state index contributed by atoms with van der Waals surface area (Å²) in [6.07, 6.45) is 2.54. The standard InChI is InChI=1S/C17H25FN2O/c1-12(10-14-6-3-4-8-16(14)18)17(21)20-9-5-7-15(11-20)13(2)19/h3-4,6,8,12-13,15H,5,7,9-11,19H2,1-2H3. The van der Waals surface area contributed by atoms with Crippen molar-refractivity contribution in [1.29, 1.82) is 0 Å². The second kappa shape index (κ2) is 7.03. The lowest BCUT2D eigenvalue weighted by Crippen LogP contribution is -2.46. The Morgan fingerprint density at radius 3 is 2.81 bits per heavy atom. The van der Waals surface area contributed by atoms with Gasteiger partial charge in [0.2, 0.25) is 5.91 Å². The first-order chi connectivity index (χ1) is 9.99. The summed E-state index contributed by atoms with van der Waals surface area (Å²) in [4.78, 5) is 14.5. The number of likely N-dealkylation sites (tertiary alicyclic amines) is 1. The maximum absolute atomic E-state index is 13.7. The molecule has 0 aliphatic carbocycles. The third-order valence-electron chi connectivity index (χ3n) is 4.42. The zero-order valence-electron chi connectivity index (χ0n) is 12.9. The quantitative estimate of drug-likeness (QED) is 0.927. The van der Waals surface area contributed by atoms with Gasteiger partial charge in [-0.1, -0.05) is 25.1 Å². The van der Waals surface area contributed by atoms with Crippen molar-refractivity contribution < 1.29 is 9.18 Å². The lowest BCUT2D eigenvalue weighted by Gasteiger charge is -2.36. The maximum atomic E-state index is 13.7. The lowest BCUT2D eigenvalue weighted by molar-refractivity contribution is -0.136. The molecule has 1 fully saturated rings. The molecule has 116 valence electrons. The second-order valence-electron chi connectivity index (χ2n) is 6.24. The molecule has 4 heteroatoms. The number of piperidine rings is 1. The van der Waals surface area contributed by atoms with Gasteiger partial charge in [-0.05, 0) is 43.7 Å². The van der Waals surface area contributed by atoms with E-state index in [9.17, 15) is 9.18 Å². The van der Waals surface area contributed by atoms with E-state index >= 15 is 0 Å². The third-order valence-corrected chi connectivity index (χ3v) is 4.42. The van der Waals surface area contributed by atoms with E-state index in [2.05, 4.69) is 0 Å². The van der Waals surface area contributed by atoms with Gasteiger partial charge < -0.3 is 10.6 Å². The molecule has 1 aromatic rings. The minimum atomic E-state index is -0.232. The van der Waals surface area contributed by atoms with Gasteiger partial charge in [0.1, 0.15) is 5.82 Å². The highest BCUT2D eigenvalue weighted by Gasteiger charge is 2.28. The minimum Gasteiger partial charge on any atom is -0.342 e. The molecule has 1 aliphatic heterocycles. The van der Waals surface area contributed by atoms with E-state index in [1.165, 1.54) is 6.07 Å². The molecule has 21 heavy (non-hydrogen) atoms. The van der Waals surface area contributed by atoms with Crippen molar-refractivity contribution in [1.82, 2.24) is 4.90 Å². The Kier molecular flexibility index (Phi) is 5.34. The molecule has 2 rings (SSSR count). The fraction of sp³-hybridized carbons (Fsp3) is 0.588. The van der Waals surface area contributed by atoms with Crippen molar-refractivity contribution in [2.24, 2.45) is 17.6 Å². The Labute approximate surface area is 126 Å². The van der Waals surface area contributed by atoms with Gasteiger partial charge in [-0.25, -0.2) is 4.39 Å². The normalized spacial score (nSPS) is 21.9. The monoisotopic (exact) mass is 292 g/mol. The van der Waals surface area contributed by atoms with Gasteiger partial charge >= 0.3 is 0 Å². The molecule has 1 amide bonds. The first-order valence-corrected chi connectivity index (χ1v) is 7.76. The van der Waals surface area contributed by atoms with Crippen LogP contribution in [0.1, 0.15) is 32.3 Å². The molecule has 0 radical (unpaired) electrons. The van der Waals surface area contributed by atoms with E-state index in [-0.39, 0.29) is 23.7 Å². The largest absolute Gasteiger partial charge is 0.342 e. The van der Waals surface area contributed by atoms with E-state index in [1.54, 1.807) is 12.1 Å². The van der Waals surface area contributed by atoms with Crippen molar-refractivity contribution >= 4 is 5.91 Å². The Bertz CT molecular complexity index is 489. The number of carbonyl (C=O) groups excluding carboxylic acids is 1. The predicted molar refractivity (Wildman–Crippen MR) is 82.2 cm³/mol. The molecule has 3 unspecified atom stereocenters. The van der Waals surface area contributed by atoms with Crippen LogP contribution in [0.25, 0.3) is 0 Å². The Hall–Kier alpha value is -1.42. The molecule has 0 saturated carbocycles. The number of benzene rings is 1. The third kappa shape index (κ3) is 4.03. The van der Waals surface area contributed by atoms with E-state index in [0.717, 1.165) is 25.9 Å². The number of amides is 1. The molecule has 0 aromatic heterocycles. The lowest BCUT2D eigenvalue weighted by atomic mass is 9.90. The van der Waals surface area contributed by atoms with Crippen LogP contribution in [-0.4, -0.2) is 29.9 Å². The highest BCUT2D eigenvalue weighted by Crippen LogP contribution is 2.22. The molecule has 1 aliphatic rings. The van der Waals surface area contributed by atoms with Gasteiger partial charge in [-0.2, -0.15) is 0 Å². The summed E-state index contributed by atoms with van der Waals surface area (Å²) in [7, 11) is 0. The fourth-order valence-electron chi connectivity index (χ4n) is 3.03. The zero-order chi connectivity index (χ0) is 15.4. The number of halogens is 1. The van der Waals surface area contributed by atoms with Crippen LogP contribution in [0.5, 0.6) is 0 Å². The van der Waals surface area contributed by atoms with Crippen LogP contribution in [-0.2, 0) is 11.2 Å². The van der Waals surface area contributed by atoms with Gasteiger partial charge in [0.15, 0.2) is 0 Å². The smallest absolute Gasteiger partial charge is 0.225 e. The van der Waals surface area contributed by atoms with Crippen molar-refractivity contribution in [2.45, 2.75) is 39.2 Å². The molecule has 3 atom stereocenters. The first-order valence-electron chi connectivity index (χ1n) is 7.76. The molecule has 1 heterocycles. The van der Waals surface area contributed by atoms with Crippen molar-refractivity contribution in [3.05, 3.63) is 35.6 Å². The number of hydrogen-bond acceptors (Lipinski definition) is 2. The van der Waals surface area contributed by atoms with Crippen LogP contribution < -0.4 is 5.73 Å². The Morgan fingerprint density at radius 1 is 1.43 bits per heavy atom. The summed E-state index contributed by atoms with van der Waals surface area (Å²) in [6.45, 7) is 5.41. The molecule has 2 N–H and O–H groups in total. The molecular weight excluding hydrogens is 267 g/mol. The van der Waals surface area contributed by atoms with E-state index in [4.69, 9.17) is 5.73 Å². The SMILES string of the molecule is CC(Cc1ccccc1F)C(=O)N1CCCC(C(C)N)C1. The average molecular weight is 292 g/mol. The van der Waals surface area contributed by atoms with E-state index < -0.39 is 0 Å². The van der Waals surface area contributed by atoms with Gasteiger partial charge in [0.25, 0.3) is 0 Å². The second-order valence-corrected chi connectivity index (χ2v) is 6.24. The van der Waals surface area contributed by atoms with Gasteiger partial charge in [-0.15, -0.1) is 0 Å². The summed E-state index contributed by atoms with van der Waals surface area (Å²) in [5.41, 5.74) is 6.57. The zero-order valence-corrected chi connectivity index (χ0v) is 12.9. The molecule has 0 bridgehead atoms. The minimum absolute atomic E-state index is 0.113. The van der Waals surface area contributed by atoms with E-state index in [1.807, 2.05) is 24.8 Å². The van der Waals surface area contributed by atoms with Crippen LogP contribution in [0.4, 0.5) is 4.39 Å². The first kappa shape index (κ1) is 16.0. The highest BCUT2D eigenvalue weighted by atomic mass is 19.1. The van der Waals surface area contributed by atoms with Crippen LogP contribution in [0, 0.1) is 17.7 Å². The number of nitrogens with two attached hydrogens (primary N) is 1. The Morgan fingerprint density at radius 2 is 2.14 bits per heavy atom. The van der Waals surface area contributed by atoms with E-state index in [0.29, 0.717) is 17.9 Å². The fourth-order valence-corrected chi connectivity index (χ4v) is 3.03. The topological polar surface area (TPSA) is 46.3 Å². The van der Waals surface area contributed by atoms with Crippen molar-refractivity contribution in [2.75, 3.05) is 13.1 Å². The number of carbonyl (C=O) groups is 1. The number of hydrogen-bond donors (Lipinski definition) is 1. The maximum Gasteiger partial charge on any atom is 0.225 e. The van der Waals surface area contributed by atoms with Gasteiger partial charge in [-0.3, -0.25) is 4.79 Å². The van der Waals surface area contributed by atoms with Crippen molar-refractivity contribution in [3.8, 4) is 0 Å². The summed E-state index contributed by atoms with van der Waals surface area (Å²) >= 11 is 0.